The third kappa shape index (κ3) is 4.87. The zero-order chi connectivity index (χ0) is 21.2. The van der Waals surface area contributed by atoms with E-state index in [4.69, 9.17) is 4.74 Å². The Labute approximate surface area is 168 Å². The number of pyridine rings is 1. The number of benzene rings is 2. The number of aromatic nitrogens is 1. The van der Waals surface area contributed by atoms with Crippen LogP contribution >= 0.6 is 0 Å². The molecule has 0 aliphatic heterocycles. The summed E-state index contributed by atoms with van der Waals surface area (Å²) < 4.78 is 19.6. The molecule has 29 heavy (non-hydrogen) atoms. The van der Waals surface area contributed by atoms with Crippen molar-refractivity contribution in [3.05, 3.63) is 54.3 Å². The number of hydrogen-bond donors (Lipinski definition) is 1. The molecule has 0 bridgehead atoms. The Bertz CT molecular complexity index is 1080. The van der Waals surface area contributed by atoms with Crippen LogP contribution in [0, 0.1) is 5.82 Å². The number of carbonyl (C=O) groups excluding carboxylic acids is 2. The van der Waals surface area contributed by atoms with E-state index in [1.165, 1.54) is 17.0 Å². The quantitative estimate of drug-likeness (QED) is 0.633. The maximum Gasteiger partial charge on any atom is 0.412 e. The summed E-state index contributed by atoms with van der Waals surface area (Å²) in [4.78, 5) is 28.8. The Balaban J connectivity index is 1.85. The first kappa shape index (κ1) is 20.3. The SMILES string of the molecule is CN(C=O)c1ccc2nc(-c3ccc(NC(=O)OC(C)(C)C)c(F)c3)ccc2c1. The van der Waals surface area contributed by atoms with Crippen molar-refractivity contribution in [1.29, 1.82) is 0 Å². The molecule has 0 aliphatic carbocycles. The number of nitrogens with zero attached hydrogens (tertiary/aromatic N) is 2. The minimum Gasteiger partial charge on any atom is -0.444 e. The van der Waals surface area contributed by atoms with Gasteiger partial charge in [0.25, 0.3) is 0 Å². The molecule has 1 heterocycles. The average Bonchev–Trinajstić information content (AvgIpc) is 2.66. The summed E-state index contributed by atoms with van der Waals surface area (Å²) in [6.07, 6.45) is 0.0163. The van der Waals surface area contributed by atoms with Crippen LogP contribution in [-0.4, -0.2) is 30.1 Å². The Morgan fingerprint density at radius 1 is 1.14 bits per heavy atom. The number of amides is 2. The molecule has 3 rings (SSSR count). The van der Waals surface area contributed by atoms with Crippen LogP contribution in [0.3, 0.4) is 0 Å². The molecular formula is C22H22FN3O3. The standard InChI is InChI=1S/C22H22FN3O3/c1-22(2,3)29-21(28)25-20-9-6-15(12-17(20)23)18-8-5-14-11-16(26(4)13-27)7-10-19(14)24-18/h5-13H,1-4H3,(H,25,28). The van der Waals surface area contributed by atoms with Gasteiger partial charge in [0, 0.05) is 23.7 Å². The second-order valence-corrected chi connectivity index (χ2v) is 7.61. The molecule has 0 spiro atoms. The molecule has 0 radical (unpaired) electrons. The van der Waals surface area contributed by atoms with Crippen LogP contribution in [0.15, 0.2) is 48.5 Å². The van der Waals surface area contributed by atoms with Gasteiger partial charge in [0.15, 0.2) is 0 Å². The molecule has 6 nitrogen and oxygen atoms in total. The Morgan fingerprint density at radius 2 is 1.90 bits per heavy atom. The zero-order valence-electron chi connectivity index (χ0n) is 16.7. The lowest BCUT2D eigenvalue weighted by Crippen LogP contribution is -2.27. The number of fused-ring (bicyclic) bond motifs is 1. The molecule has 0 fully saturated rings. The molecule has 1 N–H and O–H groups in total. The highest BCUT2D eigenvalue weighted by Crippen LogP contribution is 2.27. The third-order valence-electron chi connectivity index (χ3n) is 4.14. The van der Waals surface area contributed by atoms with E-state index in [2.05, 4.69) is 10.3 Å². The highest BCUT2D eigenvalue weighted by atomic mass is 19.1. The number of hydrogen-bond acceptors (Lipinski definition) is 4. The fraction of sp³-hybridized carbons (Fsp3) is 0.227. The molecule has 7 heteroatoms. The molecule has 0 saturated heterocycles. The highest BCUT2D eigenvalue weighted by molar-refractivity contribution is 5.88. The van der Waals surface area contributed by atoms with Crippen molar-refractivity contribution in [2.24, 2.45) is 0 Å². The molecule has 2 aromatic carbocycles. The van der Waals surface area contributed by atoms with E-state index >= 15 is 0 Å². The third-order valence-corrected chi connectivity index (χ3v) is 4.14. The molecule has 0 aliphatic rings. The van der Waals surface area contributed by atoms with E-state index in [9.17, 15) is 14.0 Å². The summed E-state index contributed by atoms with van der Waals surface area (Å²) in [5.41, 5.74) is 2.01. The van der Waals surface area contributed by atoms with E-state index in [1.54, 1.807) is 46.0 Å². The molecule has 0 atom stereocenters. The van der Waals surface area contributed by atoms with E-state index < -0.39 is 17.5 Å². The number of halogens is 1. The Kier molecular flexibility index (Phi) is 5.50. The van der Waals surface area contributed by atoms with Gasteiger partial charge in [-0.2, -0.15) is 0 Å². The lowest BCUT2D eigenvalue weighted by molar-refractivity contribution is -0.107. The van der Waals surface area contributed by atoms with Crippen molar-refractivity contribution >= 4 is 34.8 Å². The van der Waals surface area contributed by atoms with Gasteiger partial charge < -0.3 is 9.64 Å². The van der Waals surface area contributed by atoms with Gasteiger partial charge in [-0.1, -0.05) is 12.1 Å². The molecule has 2 amide bonds. The number of rotatable bonds is 4. The second kappa shape index (κ2) is 7.87. The van der Waals surface area contributed by atoms with Crippen LogP contribution in [0.1, 0.15) is 20.8 Å². The summed E-state index contributed by atoms with van der Waals surface area (Å²) >= 11 is 0. The summed E-state index contributed by atoms with van der Waals surface area (Å²) in [6, 6.07) is 13.6. The molecular weight excluding hydrogens is 373 g/mol. The first-order valence-corrected chi connectivity index (χ1v) is 9.05. The maximum absolute atomic E-state index is 14.5. The average molecular weight is 395 g/mol. The lowest BCUT2D eigenvalue weighted by Gasteiger charge is -2.19. The summed E-state index contributed by atoms with van der Waals surface area (Å²) in [6.45, 7) is 5.20. The maximum atomic E-state index is 14.5. The molecule has 0 unspecified atom stereocenters. The van der Waals surface area contributed by atoms with Gasteiger partial charge in [-0.3, -0.25) is 10.1 Å². The Hall–Kier alpha value is -3.48. The molecule has 0 saturated carbocycles. The van der Waals surface area contributed by atoms with Gasteiger partial charge in [0.1, 0.15) is 11.4 Å². The van der Waals surface area contributed by atoms with Crippen molar-refractivity contribution in [1.82, 2.24) is 4.98 Å². The first-order chi connectivity index (χ1) is 13.7. The van der Waals surface area contributed by atoms with Crippen molar-refractivity contribution in [2.75, 3.05) is 17.3 Å². The molecule has 3 aromatic rings. The van der Waals surface area contributed by atoms with Gasteiger partial charge in [-0.15, -0.1) is 0 Å². The number of carbonyl (C=O) groups is 2. The zero-order valence-corrected chi connectivity index (χ0v) is 16.7. The molecule has 1 aromatic heterocycles. The monoisotopic (exact) mass is 395 g/mol. The van der Waals surface area contributed by atoms with Crippen LogP contribution in [0.5, 0.6) is 0 Å². The smallest absolute Gasteiger partial charge is 0.412 e. The molecule has 150 valence electrons. The predicted octanol–water partition coefficient (Wildman–Crippen LogP) is 4.98. The van der Waals surface area contributed by atoms with Crippen molar-refractivity contribution < 1.29 is 18.7 Å². The highest BCUT2D eigenvalue weighted by Gasteiger charge is 2.17. The van der Waals surface area contributed by atoms with Crippen molar-refractivity contribution in [3.63, 3.8) is 0 Å². The predicted molar refractivity (Wildman–Crippen MR) is 111 cm³/mol. The number of nitrogens with one attached hydrogen (secondary N) is 1. The number of anilines is 2. The van der Waals surface area contributed by atoms with Gasteiger partial charge in [-0.05, 0) is 57.2 Å². The van der Waals surface area contributed by atoms with Gasteiger partial charge >= 0.3 is 6.09 Å². The van der Waals surface area contributed by atoms with Gasteiger partial charge in [-0.25, -0.2) is 14.2 Å². The number of ether oxygens (including phenoxy) is 1. The van der Waals surface area contributed by atoms with Crippen molar-refractivity contribution in [3.8, 4) is 11.3 Å². The fourth-order valence-corrected chi connectivity index (χ4v) is 2.74. The van der Waals surface area contributed by atoms with Crippen LogP contribution < -0.4 is 10.2 Å². The second-order valence-electron chi connectivity index (χ2n) is 7.61. The van der Waals surface area contributed by atoms with E-state index in [-0.39, 0.29) is 5.69 Å². The minimum atomic E-state index is -0.718. The van der Waals surface area contributed by atoms with Crippen LogP contribution in [-0.2, 0) is 9.53 Å². The van der Waals surface area contributed by atoms with Gasteiger partial charge in [0.05, 0.1) is 16.9 Å². The van der Waals surface area contributed by atoms with Crippen LogP contribution in [0.25, 0.3) is 22.2 Å². The van der Waals surface area contributed by atoms with Crippen LogP contribution in [0.2, 0.25) is 0 Å². The largest absolute Gasteiger partial charge is 0.444 e. The summed E-state index contributed by atoms with van der Waals surface area (Å²) in [5, 5.41) is 3.27. The first-order valence-electron chi connectivity index (χ1n) is 9.05. The van der Waals surface area contributed by atoms with Crippen LogP contribution in [0.4, 0.5) is 20.6 Å². The summed E-state index contributed by atoms with van der Waals surface area (Å²) in [5.74, 6) is -0.585. The van der Waals surface area contributed by atoms with Gasteiger partial charge in [0.2, 0.25) is 6.41 Å². The fourth-order valence-electron chi connectivity index (χ4n) is 2.74. The Morgan fingerprint density at radius 3 is 2.55 bits per heavy atom. The van der Waals surface area contributed by atoms with Crippen molar-refractivity contribution in [2.45, 2.75) is 26.4 Å². The van der Waals surface area contributed by atoms with E-state index in [0.29, 0.717) is 11.3 Å². The normalized spacial score (nSPS) is 11.2. The lowest BCUT2D eigenvalue weighted by atomic mass is 10.1. The topological polar surface area (TPSA) is 71.5 Å². The minimum absolute atomic E-state index is 0.0327. The summed E-state index contributed by atoms with van der Waals surface area (Å²) in [7, 11) is 1.67. The van der Waals surface area contributed by atoms with E-state index in [1.807, 2.05) is 18.2 Å². The van der Waals surface area contributed by atoms with E-state index in [0.717, 1.165) is 23.0 Å².